The number of methoxy groups -OCH3 is 1. The van der Waals surface area contributed by atoms with E-state index in [0.717, 1.165) is 0 Å². The van der Waals surface area contributed by atoms with Crippen LogP contribution >= 0.6 is 0 Å². The largest absolute Gasteiger partial charge is 0.496 e. The minimum atomic E-state index is -0.896. The number of hydrogen-bond acceptors (Lipinski definition) is 3. The number of piperidine rings is 1. The highest BCUT2D eigenvalue weighted by Gasteiger charge is 2.29. The van der Waals surface area contributed by atoms with Crippen LogP contribution in [0.15, 0.2) is 18.2 Å². The molecule has 0 saturated carbocycles. The Hall–Kier alpha value is -2.57. The molecule has 1 aromatic carbocycles. The Balaban J connectivity index is 1.92. The number of carbonyl (C=O) groups is 2. The summed E-state index contributed by atoms with van der Waals surface area (Å²) in [5.74, 6) is -1.77. The molecule has 2 heterocycles. The van der Waals surface area contributed by atoms with Gasteiger partial charge in [0.15, 0.2) is 0 Å². The molecule has 0 unspecified atom stereocenters. The van der Waals surface area contributed by atoms with E-state index in [1.165, 1.54) is 24.1 Å². The third kappa shape index (κ3) is 2.74. The Morgan fingerprint density at radius 1 is 1.43 bits per heavy atom. The number of nitrogens with one attached hydrogen (secondary N) is 1. The van der Waals surface area contributed by atoms with E-state index in [1.54, 1.807) is 6.07 Å². The van der Waals surface area contributed by atoms with Gasteiger partial charge in [0.05, 0.1) is 18.5 Å². The van der Waals surface area contributed by atoms with Crippen molar-refractivity contribution in [2.24, 2.45) is 5.92 Å². The molecule has 1 atom stereocenters. The summed E-state index contributed by atoms with van der Waals surface area (Å²) in [5, 5.41) is 9.60. The van der Waals surface area contributed by atoms with Gasteiger partial charge in [-0.15, -0.1) is 0 Å². The fourth-order valence-corrected chi connectivity index (χ4v) is 2.99. The minimum absolute atomic E-state index is 0.170. The van der Waals surface area contributed by atoms with E-state index in [0.29, 0.717) is 30.5 Å². The Bertz CT molecular complexity index is 771. The molecule has 2 N–H and O–H groups in total. The molecule has 7 heteroatoms. The van der Waals surface area contributed by atoms with E-state index in [2.05, 4.69) is 4.98 Å². The smallest absolute Gasteiger partial charge is 0.308 e. The Morgan fingerprint density at radius 2 is 2.22 bits per heavy atom. The lowest BCUT2D eigenvalue weighted by Crippen LogP contribution is -2.42. The Morgan fingerprint density at radius 3 is 2.91 bits per heavy atom. The predicted molar refractivity (Wildman–Crippen MR) is 81.1 cm³/mol. The van der Waals surface area contributed by atoms with Crippen LogP contribution in [-0.2, 0) is 4.79 Å². The third-order valence-electron chi connectivity index (χ3n) is 4.21. The predicted octanol–water partition coefficient (Wildman–Crippen LogP) is 2.25. The van der Waals surface area contributed by atoms with Crippen LogP contribution in [0.2, 0.25) is 0 Å². The minimum Gasteiger partial charge on any atom is -0.496 e. The van der Waals surface area contributed by atoms with Gasteiger partial charge in [-0.25, -0.2) is 4.39 Å². The molecule has 0 aliphatic carbocycles. The molecule has 1 amide bonds. The standard InChI is InChI=1S/C16H17FN2O4/c1-23-13-5-4-11(17)14-10(13)7-12(18-14)15(20)19-6-2-3-9(8-19)16(21)22/h4-5,7,9,18H,2-3,6,8H2,1H3,(H,21,22)/t9-/m0/s1. The maximum Gasteiger partial charge on any atom is 0.308 e. The number of H-pyrrole nitrogens is 1. The van der Waals surface area contributed by atoms with Crippen LogP contribution in [0.3, 0.4) is 0 Å². The summed E-state index contributed by atoms with van der Waals surface area (Å²) < 4.78 is 19.1. The van der Waals surface area contributed by atoms with E-state index < -0.39 is 17.7 Å². The SMILES string of the molecule is COc1ccc(F)c2[nH]c(C(=O)N3CCC[C@H](C(=O)O)C3)cc12. The number of aromatic nitrogens is 1. The number of benzene rings is 1. The van der Waals surface area contributed by atoms with Crippen molar-refractivity contribution in [3.05, 3.63) is 29.7 Å². The maximum absolute atomic E-state index is 13.9. The molecule has 1 aromatic heterocycles. The lowest BCUT2D eigenvalue weighted by atomic mass is 9.98. The number of carboxylic acids is 1. The quantitative estimate of drug-likeness (QED) is 0.909. The van der Waals surface area contributed by atoms with Crippen LogP contribution in [0.4, 0.5) is 4.39 Å². The highest BCUT2D eigenvalue weighted by molar-refractivity contribution is 6.00. The first-order valence-electron chi connectivity index (χ1n) is 7.38. The highest BCUT2D eigenvalue weighted by Crippen LogP contribution is 2.29. The molecular weight excluding hydrogens is 303 g/mol. The fourth-order valence-electron chi connectivity index (χ4n) is 2.99. The number of aromatic amines is 1. The molecule has 2 aromatic rings. The summed E-state index contributed by atoms with van der Waals surface area (Å²) in [6, 6.07) is 4.32. The Labute approximate surface area is 131 Å². The number of carbonyl (C=O) groups excluding carboxylic acids is 1. The second-order valence-electron chi connectivity index (χ2n) is 5.65. The highest BCUT2D eigenvalue weighted by atomic mass is 19.1. The lowest BCUT2D eigenvalue weighted by Gasteiger charge is -2.30. The first kappa shape index (κ1) is 15.3. The van der Waals surface area contributed by atoms with Gasteiger partial charge in [-0.05, 0) is 31.0 Å². The van der Waals surface area contributed by atoms with Gasteiger partial charge < -0.3 is 19.7 Å². The van der Waals surface area contributed by atoms with Crippen molar-refractivity contribution in [3.8, 4) is 5.75 Å². The first-order chi connectivity index (χ1) is 11.0. The first-order valence-corrected chi connectivity index (χ1v) is 7.38. The zero-order chi connectivity index (χ0) is 16.6. The fraction of sp³-hybridized carbons (Fsp3) is 0.375. The average Bonchev–Trinajstić information content (AvgIpc) is 3.01. The normalized spacial score (nSPS) is 18.2. The van der Waals surface area contributed by atoms with Crippen LogP contribution in [0.1, 0.15) is 23.3 Å². The number of likely N-dealkylation sites (tertiary alicyclic amines) is 1. The van der Waals surface area contributed by atoms with E-state index in [1.807, 2.05) is 0 Å². The number of fused-ring (bicyclic) bond motifs is 1. The van der Waals surface area contributed by atoms with Gasteiger partial charge in [0.1, 0.15) is 17.3 Å². The van der Waals surface area contributed by atoms with E-state index >= 15 is 0 Å². The molecule has 1 aliphatic heterocycles. The van der Waals surface area contributed by atoms with Crippen LogP contribution < -0.4 is 4.74 Å². The number of hydrogen-bond donors (Lipinski definition) is 2. The van der Waals surface area contributed by atoms with Crippen LogP contribution in [0.5, 0.6) is 5.75 Å². The van der Waals surface area contributed by atoms with Gasteiger partial charge in [-0.2, -0.15) is 0 Å². The summed E-state index contributed by atoms with van der Waals surface area (Å²) in [5.41, 5.74) is 0.439. The number of amides is 1. The van der Waals surface area contributed by atoms with Gasteiger partial charge >= 0.3 is 5.97 Å². The van der Waals surface area contributed by atoms with E-state index in [4.69, 9.17) is 9.84 Å². The number of ether oxygens (including phenoxy) is 1. The molecule has 1 fully saturated rings. The summed E-state index contributed by atoms with van der Waals surface area (Å²) in [4.78, 5) is 28.0. The van der Waals surface area contributed by atoms with Crippen LogP contribution in [0, 0.1) is 11.7 Å². The van der Waals surface area contributed by atoms with Gasteiger partial charge in [0.2, 0.25) is 0 Å². The maximum atomic E-state index is 13.9. The second-order valence-corrected chi connectivity index (χ2v) is 5.65. The summed E-state index contributed by atoms with van der Waals surface area (Å²) in [6.07, 6.45) is 1.20. The van der Waals surface area contributed by atoms with Crippen molar-refractivity contribution in [2.45, 2.75) is 12.8 Å². The molecule has 122 valence electrons. The molecule has 0 bridgehead atoms. The molecule has 1 aliphatic rings. The van der Waals surface area contributed by atoms with Crippen molar-refractivity contribution in [1.82, 2.24) is 9.88 Å². The van der Waals surface area contributed by atoms with Crippen molar-refractivity contribution < 1.29 is 23.8 Å². The summed E-state index contributed by atoms with van der Waals surface area (Å²) in [6.45, 7) is 0.667. The molecule has 0 radical (unpaired) electrons. The molecule has 0 spiro atoms. The zero-order valence-electron chi connectivity index (χ0n) is 12.6. The van der Waals surface area contributed by atoms with E-state index in [9.17, 15) is 14.0 Å². The van der Waals surface area contributed by atoms with Crippen molar-refractivity contribution in [3.63, 3.8) is 0 Å². The Kier molecular flexibility index (Phi) is 3.94. The van der Waals surface area contributed by atoms with Gasteiger partial charge in [0.25, 0.3) is 5.91 Å². The summed E-state index contributed by atoms with van der Waals surface area (Å²) in [7, 11) is 1.48. The molecular formula is C16H17FN2O4. The molecule has 1 saturated heterocycles. The lowest BCUT2D eigenvalue weighted by molar-refractivity contribution is -0.143. The molecule has 3 rings (SSSR count). The van der Waals surface area contributed by atoms with E-state index in [-0.39, 0.29) is 23.7 Å². The number of halogens is 1. The van der Waals surface area contributed by atoms with Gasteiger partial charge in [-0.3, -0.25) is 9.59 Å². The van der Waals surface area contributed by atoms with Crippen LogP contribution in [-0.4, -0.2) is 47.1 Å². The number of rotatable bonds is 3. The molecule has 23 heavy (non-hydrogen) atoms. The van der Waals surface area contributed by atoms with Crippen LogP contribution in [0.25, 0.3) is 10.9 Å². The average molecular weight is 320 g/mol. The number of carboxylic acid groups (broad SMARTS) is 1. The van der Waals surface area contributed by atoms with Gasteiger partial charge in [-0.1, -0.05) is 0 Å². The topological polar surface area (TPSA) is 82.6 Å². The van der Waals surface area contributed by atoms with Crippen molar-refractivity contribution in [1.29, 1.82) is 0 Å². The summed E-state index contributed by atoms with van der Waals surface area (Å²) >= 11 is 0. The van der Waals surface area contributed by atoms with Crippen molar-refractivity contribution >= 4 is 22.8 Å². The monoisotopic (exact) mass is 320 g/mol. The second kappa shape index (κ2) is 5.91. The van der Waals surface area contributed by atoms with Gasteiger partial charge in [0, 0.05) is 18.5 Å². The number of nitrogens with zero attached hydrogens (tertiary/aromatic N) is 1. The number of aliphatic carboxylic acids is 1. The molecule has 6 nitrogen and oxygen atoms in total. The van der Waals surface area contributed by atoms with Crippen molar-refractivity contribution in [2.75, 3.05) is 20.2 Å². The third-order valence-corrected chi connectivity index (χ3v) is 4.21. The zero-order valence-corrected chi connectivity index (χ0v) is 12.6.